The van der Waals surface area contributed by atoms with Gasteiger partial charge in [-0.25, -0.2) is 13.6 Å². The van der Waals surface area contributed by atoms with Crippen molar-refractivity contribution in [2.75, 3.05) is 45.2 Å². The van der Waals surface area contributed by atoms with Gasteiger partial charge in [0, 0.05) is 32.7 Å². The summed E-state index contributed by atoms with van der Waals surface area (Å²) < 4.78 is 32.5. The molecule has 7 heteroatoms. The minimum Gasteiger partial charge on any atom is -0.497 e. The number of ether oxygens (including phenoxy) is 1. The summed E-state index contributed by atoms with van der Waals surface area (Å²) in [5.74, 6) is -0.715. The normalized spacial score (nSPS) is 14.9. The van der Waals surface area contributed by atoms with E-state index in [-0.39, 0.29) is 0 Å². The monoisotopic (exact) mass is 375 g/mol. The maximum atomic E-state index is 13.7. The minimum absolute atomic E-state index is 0.399. The van der Waals surface area contributed by atoms with Gasteiger partial charge in [0.25, 0.3) is 0 Å². The summed E-state index contributed by atoms with van der Waals surface area (Å²) >= 11 is 0. The van der Waals surface area contributed by atoms with E-state index in [4.69, 9.17) is 4.74 Å². The van der Waals surface area contributed by atoms with Crippen LogP contribution in [-0.4, -0.2) is 55.7 Å². The van der Waals surface area contributed by atoms with Crippen LogP contribution >= 0.6 is 0 Å². The third-order valence-electron chi connectivity index (χ3n) is 4.73. The van der Waals surface area contributed by atoms with Crippen molar-refractivity contribution in [3.05, 3.63) is 59.7 Å². The van der Waals surface area contributed by atoms with E-state index in [1.807, 2.05) is 24.3 Å². The molecule has 2 aromatic rings. The van der Waals surface area contributed by atoms with Gasteiger partial charge in [-0.2, -0.15) is 0 Å². The van der Waals surface area contributed by atoms with Gasteiger partial charge in [-0.15, -0.1) is 0 Å². The van der Waals surface area contributed by atoms with Gasteiger partial charge in [-0.1, -0.05) is 18.2 Å². The molecule has 0 bridgehead atoms. The highest BCUT2D eigenvalue weighted by molar-refractivity contribution is 5.89. The van der Waals surface area contributed by atoms with Crippen molar-refractivity contribution in [2.24, 2.45) is 0 Å². The lowest BCUT2D eigenvalue weighted by molar-refractivity contribution is 0.148. The van der Waals surface area contributed by atoms with Crippen LogP contribution in [0.2, 0.25) is 0 Å². The van der Waals surface area contributed by atoms with Gasteiger partial charge in [0.1, 0.15) is 23.1 Å². The standard InChI is InChI=1S/C20H23F2N3O2/c1-27-16-7-5-15(6-8-16)9-10-24-11-13-25(14-12-24)20(26)23-19-17(21)3-2-4-18(19)22/h2-8H,9-14H2,1H3,(H,23,26). The number of hydrogen-bond donors (Lipinski definition) is 1. The van der Waals surface area contributed by atoms with Crippen LogP contribution in [0, 0.1) is 11.6 Å². The molecule has 1 aliphatic rings. The number of rotatable bonds is 5. The number of para-hydroxylation sites is 1. The number of amides is 2. The molecule has 1 N–H and O–H groups in total. The Hall–Kier alpha value is -2.67. The third-order valence-corrected chi connectivity index (χ3v) is 4.73. The van der Waals surface area contributed by atoms with Crippen LogP contribution in [0.1, 0.15) is 5.56 Å². The first-order valence-electron chi connectivity index (χ1n) is 8.92. The quantitative estimate of drug-likeness (QED) is 0.872. The van der Waals surface area contributed by atoms with Crippen molar-refractivity contribution >= 4 is 11.7 Å². The van der Waals surface area contributed by atoms with Gasteiger partial charge in [-0.3, -0.25) is 4.90 Å². The highest BCUT2D eigenvalue weighted by Gasteiger charge is 2.22. The smallest absolute Gasteiger partial charge is 0.322 e. The first-order valence-corrected chi connectivity index (χ1v) is 8.92. The number of nitrogens with one attached hydrogen (secondary N) is 1. The van der Waals surface area contributed by atoms with Gasteiger partial charge in [0.2, 0.25) is 0 Å². The fraction of sp³-hybridized carbons (Fsp3) is 0.350. The number of hydrogen-bond acceptors (Lipinski definition) is 3. The van der Waals surface area contributed by atoms with Crippen molar-refractivity contribution < 1.29 is 18.3 Å². The number of halogens is 2. The number of anilines is 1. The number of carbonyl (C=O) groups excluding carboxylic acids is 1. The molecular formula is C20H23F2N3O2. The summed E-state index contributed by atoms with van der Waals surface area (Å²) in [6.45, 7) is 3.38. The van der Waals surface area contributed by atoms with E-state index in [0.29, 0.717) is 13.1 Å². The first-order chi connectivity index (χ1) is 13.1. The van der Waals surface area contributed by atoms with Crippen molar-refractivity contribution in [1.29, 1.82) is 0 Å². The maximum absolute atomic E-state index is 13.7. The molecule has 27 heavy (non-hydrogen) atoms. The minimum atomic E-state index is -0.776. The van der Waals surface area contributed by atoms with E-state index in [9.17, 15) is 13.6 Å². The molecule has 0 atom stereocenters. The summed E-state index contributed by atoms with van der Waals surface area (Å²) in [6.07, 6.45) is 0.913. The molecule has 144 valence electrons. The van der Waals surface area contributed by atoms with Gasteiger partial charge in [0.05, 0.1) is 7.11 Å². The molecule has 0 aliphatic carbocycles. The molecule has 2 aromatic carbocycles. The largest absolute Gasteiger partial charge is 0.497 e. The van der Waals surface area contributed by atoms with Gasteiger partial charge >= 0.3 is 6.03 Å². The molecular weight excluding hydrogens is 352 g/mol. The van der Waals surface area contributed by atoms with Crippen LogP contribution in [0.25, 0.3) is 0 Å². The second-order valence-electron chi connectivity index (χ2n) is 6.45. The number of methoxy groups -OCH3 is 1. The topological polar surface area (TPSA) is 44.8 Å². The average molecular weight is 375 g/mol. The van der Waals surface area contributed by atoms with Crippen LogP contribution in [0.4, 0.5) is 19.3 Å². The second kappa shape index (κ2) is 8.81. The Morgan fingerprint density at radius 2 is 1.67 bits per heavy atom. The van der Waals surface area contributed by atoms with E-state index < -0.39 is 23.4 Å². The molecule has 0 saturated carbocycles. The summed E-state index contributed by atoms with van der Waals surface area (Å²) in [6, 6.07) is 11.0. The average Bonchev–Trinajstić information content (AvgIpc) is 2.70. The predicted octanol–water partition coefficient (Wildman–Crippen LogP) is 3.37. The maximum Gasteiger partial charge on any atom is 0.322 e. The van der Waals surface area contributed by atoms with E-state index in [1.54, 1.807) is 12.0 Å². The summed E-state index contributed by atoms with van der Waals surface area (Å²) in [4.78, 5) is 16.1. The van der Waals surface area contributed by atoms with E-state index in [1.165, 1.54) is 11.6 Å². The van der Waals surface area contributed by atoms with Gasteiger partial charge in [0.15, 0.2) is 0 Å². The Morgan fingerprint density at radius 3 is 2.26 bits per heavy atom. The zero-order valence-electron chi connectivity index (χ0n) is 15.3. The lowest BCUT2D eigenvalue weighted by Crippen LogP contribution is -2.50. The summed E-state index contributed by atoms with van der Waals surface area (Å²) in [5.41, 5.74) is 0.829. The molecule has 0 unspecified atom stereocenters. The van der Waals surface area contributed by atoms with Gasteiger partial charge < -0.3 is 15.0 Å². The Morgan fingerprint density at radius 1 is 1.04 bits per heavy atom. The van der Waals surface area contributed by atoms with Crippen molar-refractivity contribution in [3.8, 4) is 5.75 Å². The van der Waals surface area contributed by atoms with E-state index >= 15 is 0 Å². The van der Waals surface area contributed by atoms with Crippen molar-refractivity contribution in [2.45, 2.75) is 6.42 Å². The van der Waals surface area contributed by atoms with Crippen LogP contribution in [-0.2, 0) is 6.42 Å². The molecule has 0 radical (unpaired) electrons. The molecule has 5 nitrogen and oxygen atoms in total. The van der Waals surface area contributed by atoms with Crippen molar-refractivity contribution in [1.82, 2.24) is 9.80 Å². The summed E-state index contributed by atoms with van der Waals surface area (Å²) in [5, 5.41) is 2.34. The Bertz CT molecular complexity index is 755. The van der Waals surface area contributed by atoms with Crippen LogP contribution in [0.5, 0.6) is 5.75 Å². The Kier molecular flexibility index (Phi) is 6.24. The van der Waals surface area contributed by atoms with Crippen molar-refractivity contribution in [3.63, 3.8) is 0 Å². The Balaban J connectivity index is 1.46. The molecule has 1 aliphatic heterocycles. The first kappa shape index (κ1) is 19.1. The molecule has 1 saturated heterocycles. The zero-order valence-corrected chi connectivity index (χ0v) is 15.3. The highest BCUT2D eigenvalue weighted by atomic mass is 19.1. The zero-order chi connectivity index (χ0) is 19.2. The number of nitrogens with zero attached hydrogens (tertiary/aromatic N) is 2. The second-order valence-corrected chi connectivity index (χ2v) is 6.45. The highest BCUT2D eigenvalue weighted by Crippen LogP contribution is 2.19. The number of carbonyl (C=O) groups is 1. The molecule has 0 spiro atoms. The molecule has 1 fully saturated rings. The van der Waals surface area contributed by atoms with Gasteiger partial charge in [-0.05, 0) is 36.2 Å². The summed E-state index contributed by atoms with van der Waals surface area (Å²) in [7, 11) is 1.64. The molecule has 1 heterocycles. The molecule has 3 rings (SSSR count). The number of urea groups is 1. The lowest BCUT2D eigenvalue weighted by Gasteiger charge is -2.34. The molecule has 0 aromatic heterocycles. The number of benzene rings is 2. The van der Waals surface area contributed by atoms with E-state index in [0.717, 1.165) is 43.9 Å². The van der Waals surface area contributed by atoms with Crippen LogP contribution in [0.15, 0.2) is 42.5 Å². The lowest BCUT2D eigenvalue weighted by atomic mass is 10.1. The van der Waals surface area contributed by atoms with Crippen LogP contribution < -0.4 is 10.1 Å². The predicted molar refractivity (Wildman–Crippen MR) is 100 cm³/mol. The van der Waals surface area contributed by atoms with Crippen LogP contribution in [0.3, 0.4) is 0 Å². The van der Waals surface area contributed by atoms with E-state index in [2.05, 4.69) is 10.2 Å². The molecule has 2 amide bonds. The SMILES string of the molecule is COc1ccc(CCN2CCN(C(=O)Nc3c(F)cccc3F)CC2)cc1. The fourth-order valence-electron chi connectivity index (χ4n) is 3.06. The third kappa shape index (κ3) is 4.95. The number of piperazine rings is 1. The Labute approximate surface area is 157 Å². The fourth-order valence-corrected chi connectivity index (χ4v) is 3.06.